The Balaban J connectivity index is 2.24. The molecule has 0 amide bonds. The standard InChI is InChI=1S/C14H30O2Si2/c1-12-13(18(5,6)17(2,3)4)8-7-9-14(12)15-10-11-16-14/h12-13H,7-11H2,1-6H3/t12-,13+/m1/s1. The third kappa shape index (κ3) is 2.25. The van der Waals surface area contributed by atoms with Crippen molar-refractivity contribution in [1.82, 2.24) is 0 Å². The van der Waals surface area contributed by atoms with Gasteiger partial charge in [0, 0.05) is 27.5 Å². The van der Waals surface area contributed by atoms with Gasteiger partial charge in [0.25, 0.3) is 0 Å². The topological polar surface area (TPSA) is 18.5 Å². The van der Waals surface area contributed by atoms with Crippen molar-refractivity contribution in [2.75, 3.05) is 13.2 Å². The summed E-state index contributed by atoms with van der Waals surface area (Å²) in [6, 6.07) is 0. The quantitative estimate of drug-likeness (QED) is 0.713. The molecule has 1 aliphatic heterocycles. The van der Waals surface area contributed by atoms with Crippen LogP contribution in [0.4, 0.5) is 0 Å². The van der Waals surface area contributed by atoms with Gasteiger partial charge in [0.1, 0.15) is 0 Å². The number of rotatable bonds is 2. The molecule has 2 nitrogen and oxygen atoms in total. The fraction of sp³-hybridized carbons (Fsp3) is 1.00. The first-order valence-electron chi connectivity index (χ1n) is 7.49. The zero-order valence-corrected chi connectivity index (χ0v) is 15.0. The highest BCUT2D eigenvalue weighted by Gasteiger charge is 2.54. The minimum Gasteiger partial charge on any atom is -0.347 e. The van der Waals surface area contributed by atoms with Crippen LogP contribution in [-0.4, -0.2) is 34.2 Å². The fourth-order valence-electron chi connectivity index (χ4n) is 3.77. The van der Waals surface area contributed by atoms with E-state index < -0.39 is 15.2 Å². The summed E-state index contributed by atoms with van der Waals surface area (Å²) in [7, 11) is -2.24. The molecule has 0 N–H and O–H groups in total. The predicted octanol–water partition coefficient (Wildman–Crippen LogP) is 4.04. The van der Waals surface area contributed by atoms with E-state index >= 15 is 0 Å². The summed E-state index contributed by atoms with van der Waals surface area (Å²) < 4.78 is 12.1. The lowest BCUT2D eigenvalue weighted by atomic mass is 9.84. The van der Waals surface area contributed by atoms with Gasteiger partial charge in [0.2, 0.25) is 0 Å². The van der Waals surface area contributed by atoms with Crippen molar-refractivity contribution >= 4 is 15.2 Å². The van der Waals surface area contributed by atoms with Crippen LogP contribution in [0.2, 0.25) is 38.3 Å². The monoisotopic (exact) mass is 286 g/mol. The number of hydrogen-bond acceptors (Lipinski definition) is 2. The van der Waals surface area contributed by atoms with E-state index in [1.165, 1.54) is 12.8 Å². The van der Waals surface area contributed by atoms with E-state index in [1.807, 2.05) is 0 Å². The van der Waals surface area contributed by atoms with Gasteiger partial charge in [-0.3, -0.25) is 0 Å². The Bertz CT molecular complexity index is 303. The van der Waals surface area contributed by atoms with Gasteiger partial charge in [0.15, 0.2) is 5.79 Å². The normalized spacial score (nSPS) is 33.0. The van der Waals surface area contributed by atoms with Crippen molar-refractivity contribution in [1.29, 1.82) is 0 Å². The molecule has 106 valence electrons. The van der Waals surface area contributed by atoms with Crippen molar-refractivity contribution < 1.29 is 9.47 Å². The molecule has 2 atom stereocenters. The maximum Gasteiger partial charge on any atom is 0.170 e. The molecule has 0 aromatic heterocycles. The Morgan fingerprint density at radius 1 is 1.00 bits per heavy atom. The van der Waals surface area contributed by atoms with Gasteiger partial charge in [-0.15, -0.1) is 0 Å². The van der Waals surface area contributed by atoms with Gasteiger partial charge in [-0.1, -0.05) is 46.1 Å². The second kappa shape index (κ2) is 4.72. The van der Waals surface area contributed by atoms with E-state index in [2.05, 4.69) is 39.7 Å². The molecule has 0 aromatic rings. The zero-order chi connectivity index (χ0) is 13.6. The van der Waals surface area contributed by atoms with Crippen molar-refractivity contribution in [2.45, 2.75) is 70.2 Å². The molecule has 1 saturated heterocycles. The third-order valence-corrected chi connectivity index (χ3v) is 25.2. The van der Waals surface area contributed by atoms with Crippen molar-refractivity contribution in [2.24, 2.45) is 5.92 Å². The highest BCUT2D eigenvalue weighted by molar-refractivity contribution is 7.40. The van der Waals surface area contributed by atoms with Crippen LogP contribution in [0.25, 0.3) is 0 Å². The van der Waals surface area contributed by atoms with E-state index in [0.717, 1.165) is 25.2 Å². The molecular weight excluding hydrogens is 256 g/mol. The number of hydrogen-bond donors (Lipinski definition) is 0. The SMILES string of the molecule is C[C@@H]1[C@@H]([Si](C)(C)[Si](C)(C)C)CCCC12OCCO2. The second-order valence-corrected chi connectivity index (χ2v) is 24.8. The lowest BCUT2D eigenvalue weighted by molar-refractivity contribution is -0.207. The Morgan fingerprint density at radius 3 is 2.06 bits per heavy atom. The summed E-state index contributed by atoms with van der Waals surface area (Å²) in [5.74, 6) is 0.370. The fourth-order valence-corrected chi connectivity index (χ4v) is 11.8. The van der Waals surface area contributed by atoms with E-state index in [-0.39, 0.29) is 5.79 Å². The molecule has 18 heavy (non-hydrogen) atoms. The highest BCUT2D eigenvalue weighted by atomic mass is 29.3. The van der Waals surface area contributed by atoms with Crippen LogP contribution in [0.15, 0.2) is 0 Å². The third-order valence-electron chi connectivity index (χ3n) is 5.97. The van der Waals surface area contributed by atoms with Crippen LogP contribution in [0, 0.1) is 5.92 Å². The van der Waals surface area contributed by atoms with Gasteiger partial charge in [-0.05, 0) is 12.0 Å². The molecule has 0 aromatic carbocycles. The minimum atomic E-state index is -1.18. The lowest BCUT2D eigenvalue weighted by Crippen LogP contribution is -2.60. The second-order valence-electron chi connectivity index (χ2n) is 7.77. The average molecular weight is 287 g/mol. The molecule has 1 spiro atoms. The van der Waals surface area contributed by atoms with Gasteiger partial charge in [-0.2, -0.15) is 0 Å². The molecule has 1 saturated carbocycles. The maximum absolute atomic E-state index is 6.05. The summed E-state index contributed by atoms with van der Waals surface area (Å²) in [5, 5.41) is 0. The molecule has 2 rings (SSSR count). The molecule has 1 aliphatic carbocycles. The van der Waals surface area contributed by atoms with E-state index in [9.17, 15) is 0 Å². The lowest BCUT2D eigenvalue weighted by Gasteiger charge is -2.51. The molecule has 2 aliphatic rings. The van der Waals surface area contributed by atoms with Crippen LogP contribution in [0.5, 0.6) is 0 Å². The average Bonchev–Trinajstić information content (AvgIpc) is 2.70. The van der Waals surface area contributed by atoms with Crippen LogP contribution in [0.3, 0.4) is 0 Å². The predicted molar refractivity (Wildman–Crippen MR) is 82.2 cm³/mol. The molecule has 4 heteroatoms. The van der Waals surface area contributed by atoms with Crippen molar-refractivity contribution in [3.05, 3.63) is 0 Å². The van der Waals surface area contributed by atoms with Crippen LogP contribution in [-0.2, 0) is 9.47 Å². The molecule has 0 bridgehead atoms. The summed E-state index contributed by atoms with van der Waals surface area (Å²) in [5.41, 5.74) is 0.871. The molecular formula is C14H30O2Si2. The Labute approximate surface area is 114 Å². The molecule has 2 fully saturated rings. The Hall–Kier alpha value is 0.354. The van der Waals surface area contributed by atoms with Gasteiger partial charge in [0.05, 0.1) is 13.2 Å². The summed E-state index contributed by atoms with van der Waals surface area (Å²) in [6.07, 6.45) is 3.80. The van der Waals surface area contributed by atoms with Crippen molar-refractivity contribution in [3.8, 4) is 0 Å². The first kappa shape index (κ1) is 14.8. The van der Waals surface area contributed by atoms with Crippen LogP contribution in [0.1, 0.15) is 26.2 Å². The maximum atomic E-state index is 6.05. The van der Waals surface area contributed by atoms with Gasteiger partial charge >= 0.3 is 0 Å². The zero-order valence-electron chi connectivity index (χ0n) is 13.0. The highest BCUT2D eigenvalue weighted by Crippen LogP contribution is 2.51. The van der Waals surface area contributed by atoms with E-state index in [4.69, 9.17) is 9.47 Å². The first-order chi connectivity index (χ1) is 8.21. The molecule has 0 radical (unpaired) electrons. The van der Waals surface area contributed by atoms with E-state index in [0.29, 0.717) is 5.92 Å². The Kier molecular flexibility index (Phi) is 3.87. The molecule has 0 unspecified atom stereocenters. The van der Waals surface area contributed by atoms with Crippen LogP contribution >= 0.6 is 0 Å². The summed E-state index contributed by atoms with van der Waals surface area (Å²) in [4.78, 5) is 0. The van der Waals surface area contributed by atoms with Crippen LogP contribution < -0.4 is 0 Å². The molecule has 1 heterocycles. The minimum absolute atomic E-state index is 0.215. The Morgan fingerprint density at radius 2 is 1.56 bits per heavy atom. The van der Waals surface area contributed by atoms with Crippen molar-refractivity contribution in [3.63, 3.8) is 0 Å². The smallest absolute Gasteiger partial charge is 0.170 e. The summed E-state index contributed by atoms with van der Waals surface area (Å²) >= 11 is 0. The summed E-state index contributed by atoms with van der Waals surface area (Å²) in [6.45, 7) is 16.9. The first-order valence-corrected chi connectivity index (χ1v) is 15.1. The van der Waals surface area contributed by atoms with Gasteiger partial charge in [-0.25, -0.2) is 0 Å². The largest absolute Gasteiger partial charge is 0.347 e. The van der Waals surface area contributed by atoms with Gasteiger partial charge < -0.3 is 9.47 Å². The van der Waals surface area contributed by atoms with E-state index in [1.54, 1.807) is 0 Å². The number of ether oxygens (including phenoxy) is 2.